The maximum absolute atomic E-state index is 11.8. The van der Waals surface area contributed by atoms with Gasteiger partial charge in [0, 0.05) is 6.42 Å². The van der Waals surface area contributed by atoms with Gasteiger partial charge in [-0.2, -0.15) is 21.6 Å². The van der Waals surface area contributed by atoms with E-state index >= 15 is 0 Å². The Morgan fingerprint density at radius 3 is 1.65 bits per heavy atom. The Morgan fingerprint density at radius 2 is 1.24 bits per heavy atom. The average Bonchev–Trinajstić information content (AvgIpc) is 2.11. The van der Waals surface area contributed by atoms with E-state index in [1.165, 1.54) is 0 Å². The number of rotatable bonds is 9. The summed E-state index contributed by atoms with van der Waals surface area (Å²) < 4.78 is 64.4. The molecule has 1 N–H and O–H groups in total. The van der Waals surface area contributed by atoms with Crippen molar-refractivity contribution in [2.24, 2.45) is 0 Å². The lowest BCUT2D eigenvalue weighted by Gasteiger charge is -2.05. The SMILES string of the molecule is O=S(=O)(O)CCCCCCCCCC(F)(F)F. The third-order valence-corrected chi connectivity index (χ3v) is 3.17. The highest BCUT2D eigenvalue weighted by atomic mass is 32.2. The highest BCUT2D eigenvalue weighted by molar-refractivity contribution is 7.85. The predicted molar refractivity (Wildman–Crippen MR) is 59.4 cm³/mol. The van der Waals surface area contributed by atoms with E-state index in [1.54, 1.807) is 0 Å². The molecule has 0 heterocycles. The Hall–Kier alpha value is -0.300. The second-order valence-electron chi connectivity index (χ2n) is 4.13. The molecule has 0 aromatic heterocycles. The van der Waals surface area contributed by atoms with Crippen molar-refractivity contribution in [1.82, 2.24) is 0 Å². The van der Waals surface area contributed by atoms with Gasteiger partial charge in [0.05, 0.1) is 5.75 Å². The van der Waals surface area contributed by atoms with Crippen LogP contribution in [0.4, 0.5) is 13.2 Å². The molecule has 0 fully saturated rings. The van der Waals surface area contributed by atoms with E-state index in [-0.39, 0.29) is 12.2 Å². The zero-order chi connectivity index (χ0) is 13.4. The molecule has 0 aliphatic carbocycles. The second kappa shape index (κ2) is 7.92. The summed E-state index contributed by atoms with van der Waals surface area (Å²) in [4.78, 5) is 0. The fourth-order valence-electron chi connectivity index (χ4n) is 1.49. The maximum Gasteiger partial charge on any atom is 0.389 e. The first-order valence-corrected chi connectivity index (χ1v) is 7.33. The van der Waals surface area contributed by atoms with Crippen LogP contribution in [0.15, 0.2) is 0 Å². The normalized spacial score (nSPS) is 12.9. The monoisotopic (exact) mass is 276 g/mol. The first-order chi connectivity index (χ1) is 7.71. The molecule has 0 bridgehead atoms. The lowest BCUT2D eigenvalue weighted by Crippen LogP contribution is -2.06. The van der Waals surface area contributed by atoms with Gasteiger partial charge in [0.2, 0.25) is 0 Å². The van der Waals surface area contributed by atoms with Gasteiger partial charge in [0.15, 0.2) is 0 Å². The minimum Gasteiger partial charge on any atom is -0.286 e. The molecule has 0 saturated heterocycles. The zero-order valence-corrected chi connectivity index (χ0v) is 10.5. The molecule has 0 aromatic carbocycles. The van der Waals surface area contributed by atoms with E-state index in [9.17, 15) is 21.6 Å². The third-order valence-electron chi connectivity index (χ3n) is 2.36. The first-order valence-electron chi connectivity index (χ1n) is 5.73. The van der Waals surface area contributed by atoms with Crippen molar-refractivity contribution in [3.63, 3.8) is 0 Å². The number of unbranched alkanes of at least 4 members (excludes halogenated alkanes) is 6. The van der Waals surface area contributed by atoms with Gasteiger partial charge < -0.3 is 0 Å². The zero-order valence-electron chi connectivity index (χ0n) is 9.67. The van der Waals surface area contributed by atoms with Crippen molar-refractivity contribution in [3.8, 4) is 0 Å². The summed E-state index contributed by atoms with van der Waals surface area (Å²) in [6.45, 7) is 0. The van der Waals surface area contributed by atoms with Crippen molar-refractivity contribution >= 4 is 10.1 Å². The summed E-state index contributed by atoms with van der Waals surface area (Å²) in [6.07, 6.45) is -0.648. The van der Waals surface area contributed by atoms with Crippen molar-refractivity contribution in [3.05, 3.63) is 0 Å². The number of hydrogen-bond acceptors (Lipinski definition) is 2. The van der Waals surface area contributed by atoms with Gasteiger partial charge in [-0.3, -0.25) is 4.55 Å². The van der Waals surface area contributed by atoms with Crippen LogP contribution in [-0.2, 0) is 10.1 Å². The van der Waals surface area contributed by atoms with Crippen molar-refractivity contribution in [2.75, 3.05) is 5.75 Å². The Kier molecular flexibility index (Phi) is 7.78. The van der Waals surface area contributed by atoms with Crippen LogP contribution < -0.4 is 0 Å². The first kappa shape index (κ1) is 16.7. The Balaban J connectivity index is 3.20. The highest BCUT2D eigenvalue weighted by Gasteiger charge is 2.25. The Morgan fingerprint density at radius 1 is 0.824 bits per heavy atom. The van der Waals surface area contributed by atoms with Crippen LogP contribution in [0.3, 0.4) is 0 Å². The third kappa shape index (κ3) is 15.7. The van der Waals surface area contributed by atoms with E-state index in [0.29, 0.717) is 19.3 Å². The lowest BCUT2D eigenvalue weighted by atomic mass is 10.1. The van der Waals surface area contributed by atoms with Gasteiger partial charge >= 0.3 is 6.18 Å². The topological polar surface area (TPSA) is 54.4 Å². The molecule has 0 amide bonds. The average molecular weight is 276 g/mol. The van der Waals surface area contributed by atoms with Crippen LogP contribution in [0.2, 0.25) is 0 Å². The Bertz CT molecular complexity index is 286. The largest absolute Gasteiger partial charge is 0.389 e. The quantitative estimate of drug-likeness (QED) is 0.517. The summed E-state index contributed by atoms with van der Waals surface area (Å²) in [5.74, 6) is -0.235. The Labute approximate surface area is 100 Å². The molecular weight excluding hydrogens is 257 g/mol. The standard InChI is InChI=1S/C10H19F3O3S/c11-10(12,13)8-6-4-2-1-3-5-7-9-17(14,15)16/h1-9H2,(H,14,15,16). The molecule has 17 heavy (non-hydrogen) atoms. The van der Waals surface area contributed by atoms with Gasteiger partial charge in [-0.1, -0.05) is 32.1 Å². The number of hydrogen-bond donors (Lipinski definition) is 1. The van der Waals surface area contributed by atoms with Crippen LogP contribution >= 0.6 is 0 Å². The molecule has 7 heteroatoms. The summed E-state index contributed by atoms with van der Waals surface area (Å²) >= 11 is 0. The molecule has 0 aliphatic rings. The molecule has 0 radical (unpaired) electrons. The molecular formula is C10H19F3O3S. The van der Waals surface area contributed by atoms with E-state index in [2.05, 4.69) is 0 Å². The van der Waals surface area contributed by atoms with Crippen molar-refractivity contribution in [1.29, 1.82) is 0 Å². The summed E-state index contributed by atoms with van der Waals surface area (Å²) in [5.41, 5.74) is 0. The van der Waals surface area contributed by atoms with Gasteiger partial charge in [0.25, 0.3) is 10.1 Å². The molecule has 0 unspecified atom stereocenters. The molecule has 0 spiro atoms. The highest BCUT2D eigenvalue weighted by Crippen LogP contribution is 2.23. The van der Waals surface area contributed by atoms with E-state index in [0.717, 1.165) is 19.3 Å². The predicted octanol–water partition coefficient (Wildman–Crippen LogP) is 3.56. The van der Waals surface area contributed by atoms with Crippen molar-refractivity contribution in [2.45, 2.75) is 57.5 Å². The minimum absolute atomic E-state index is 0.161. The molecule has 0 rings (SSSR count). The van der Waals surface area contributed by atoms with Gasteiger partial charge in [-0.25, -0.2) is 0 Å². The van der Waals surface area contributed by atoms with Crippen molar-refractivity contribution < 1.29 is 26.1 Å². The summed E-state index contributed by atoms with van der Waals surface area (Å²) in [5, 5.41) is 0. The van der Waals surface area contributed by atoms with Crippen LogP contribution in [0.25, 0.3) is 0 Å². The molecule has 0 saturated carbocycles. The van der Waals surface area contributed by atoms with Gasteiger partial charge in [-0.05, 0) is 12.8 Å². The molecule has 0 aromatic rings. The van der Waals surface area contributed by atoms with Gasteiger partial charge in [-0.15, -0.1) is 0 Å². The lowest BCUT2D eigenvalue weighted by molar-refractivity contribution is -0.135. The van der Waals surface area contributed by atoms with Crippen LogP contribution in [0.5, 0.6) is 0 Å². The fourth-order valence-corrected chi connectivity index (χ4v) is 2.06. The summed E-state index contributed by atoms with van der Waals surface area (Å²) in [6, 6.07) is 0. The van der Waals surface area contributed by atoms with Crippen LogP contribution in [-0.4, -0.2) is 24.9 Å². The molecule has 104 valence electrons. The van der Waals surface area contributed by atoms with Crippen LogP contribution in [0, 0.1) is 0 Å². The second-order valence-corrected chi connectivity index (χ2v) is 5.70. The molecule has 3 nitrogen and oxygen atoms in total. The van der Waals surface area contributed by atoms with E-state index < -0.39 is 22.7 Å². The van der Waals surface area contributed by atoms with E-state index in [4.69, 9.17) is 4.55 Å². The number of alkyl halides is 3. The van der Waals surface area contributed by atoms with E-state index in [1.807, 2.05) is 0 Å². The van der Waals surface area contributed by atoms with Gasteiger partial charge in [0.1, 0.15) is 0 Å². The smallest absolute Gasteiger partial charge is 0.286 e. The molecule has 0 atom stereocenters. The minimum atomic E-state index is -4.06. The maximum atomic E-state index is 11.8. The summed E-state index contributed by atoms with van der Waals surface area (Å²) in [7, 11) is -3.87. The fraction of sp³-hybridized carbons (Fsp3) is 1.00. The van der Waals surface area contributed by atoms with Crippen LogP contribution in [0.1, 0.15) is 51.4 Å². The molecule has 0 aliphatic heterocycles. The number of halogens is 3.